The molecule has 0 spiro atoms. The van der Waals surface area contributed by atoms with Gasteiger partial charge in [0.1, 0.15) is 0 Å². The highest BCUT2D eigenvalue weighted by Gasteiger charge is 2.27. The molecular weight excluding hydrogens is 274 g/mol. The van der Waals surface area contributed by atoms with E-state index >= 15 is 0 Å². The van der Waals surface area contributed by atoms with E-state index < -0.39 is 0 Å². The fourth-order valence-electron chi connectivity index (χ4n) is 3.88. The molecule has 1 amide bonds. The molecule has 2 heterocycles. The minimum Gasteiger partial charge on any atom is -0.398 e. The fraction of sp³-hybridized carbons (Fsp3) is 0.611. The topological polar surface area (TPSA) is 58.4 Å². The molecule has 0 aromatic heterocycles. The van der Waals surface area contributed by atoms with Crippen LogP contribution in [-0.2, 0) is 11.2 Å². The minimum atomic E-state index is 0.262. The quantitative estimate of drug-likeness (QED) is 0.844. The summed E-state index contributed by atoms with van der Waals surface area (Å²) in [4.78, 5) is 14.8. The first-order chi connectivity index (χ1) is 10.7. The second-order valence-electron chi connectivity index (χ2n) is 6.76. The Bertz CT molecular complexity index is 537. The molecule has 2 aliphatic rings. The van der Waals surface area contributed by atoms with Crippen LogP contribution in [-0.4, -0.2) is 25.5 Å². The summed E-state index contributed by atoms with van der Waals surface area (Å²) in [5.74, 6) is 1.40. The number of carbonyl (C=O) groups excluding carboxylic acids is 1. The van der Waals surface area contributed by atoms with Gasteiger partial charge in [0.2, 0.25) is 5.91 Å². The summed E-state index contributed by atoms with van der Waals surface area (Å²) >= 11 is 0. The molecular formula is C18H27N3O. The first-order valence-corrected chi connectivity index (χ1v) is 8.55. The number of nitrogens with two attached hydrogens (primary N) is 1. The maximum absolute atomic E-state index is 12.8. The highest BCUT2D eigenvalue weighted by Crippen LogP contribution is 2.33. The first kappa shape index (κ1) is 15.3. The molecule has 4 heteroatoms. The molecule has 3 rings (SSSR count). The predicted molar refractivity (Wildman–Crippen MR) is 90.9 cm³/mol. The Labute approximate surface area is 133 Å². The van der Waals surface area contributed by atoms with Crippen molar-refractivity contribution in [3.05, 3.63) is 23.8 Å². The number of nitrogens with one attached hydrogen (secondary N) is 1. The van der Waals surface area contributed by atoms with Crippen molar-refractivity contribution >= 4 is 17.3 Å². The van der Waals surface area contributed by atoms with Crippen molar-refractivity contribution in [2.45, 2.75) is 39.0 Å². The van der Waals surface area contributed by atoms with E-state index in [0.29, 0.717) is 18.3 Å². The second kappa shape index (κ2) is 6.69. The van der Waals surface area contributed by atoms with Gasteiger partial charge < -0.3 is 16.0 Å². The minimum absolute atomic E-state index is 0.262. The molecule has 2 aliphatic heterocycles. The van der Waals surface area contributed by atoms with Crippen LogP contribution in [0.25, 0.3) is 0 Å². The summed E-state index contributed by atoms with van der Waals surface area (Å²) in [6, 6.07) is 5.93. The number of fused-ring (bicyclic) bond motifs is 1. The summed E-state index contributed by atoms with van der Waals surface area (Å²) in [5.41, 5.74) is 9.08. The van der Waals surface area contributed by atoms with Gasteiger partial charge in [0, 0.05) is 24.3 Å². The number of benzene rings is 1. The zero-order valence-corrected chi connectivity index (χ0v) is 13.5. The largest absolute Gasteiger partial charge is 0.398 e. The summed E-state index contributed by atoms with van der Waals surface area (Å²) in [6.07, 6.45) is 5.03. The van der Waals surface area contributed by atoms with E-state index in [2.05, 4.69) is 12.2 Å². The average molecular weight is 301 g/mol. The fourth-order valence-corrected chi connectivity index (χ4v) is 3.88. The molecule has 1 aromatic rings. The Balaban J connectivity index is 1.69. The van der Waals surface area contributed by atoms with E-state index in [4.69, 9.17) is 5.73 Å². The van der Waals surface area contributed by atoms with Crippen LogP contribution >= 0.6 is 0 Å². The maximum Gasteiger partial charge on any atom is 0.227 e. The second-order valence-corrected chi connectivity index (χ2v) is 6.76. The lowest BCUT2D eigenvalue weighted by atomic mass is 9.83. The zero-order chi connectivity index (χ0) is 15.5. The summed E-state index contributed by atoms with van der Waals surface area (Å²) in [6.45, 7) is 5.24. The summed E-state index contributed by atoms with van der Waals surface area (Å²) < 4.78 is 0. The van der Waals surface area contributed by atoms with E-state index in [-0.39, 0.29) is 5.91 Å². The lowest BCUT2D eigenvalue weighted by molar-refractivity contribution is -0.119. The van der Waals surface area contributed by atoms with Crippen molar-refractivity contribution in [2.75, 3.05) is 30.3 Å². The third-order valence-corrected chi connectivity index (χ3v) is 5.27. The number of hydrogen-bond acceptors (Lipinski definition) is 3. The van der Waals surface area contributed by atoms with Crippen LogP contribution < -0.4 is 16.0 Å². The molecule has 1 atom stereocenters. The van der Waals surface area contributed by atoms with Crippen molar-refractivity contribution < 1.29 is 4.79 Å². The summed E-state index contributed by atoms with van der Waals surface area (Å²) in [5, 5.41) is 3.40. The Kier molecular flexibility index (Phi) is 4.67. The van der Waals surface area contributed by atoms with Crippen LogP contribution in [0.1, 0.15) is 38.2 Å². The molecule has 1 fully saturated rings. The molecule has 1 aromatic carbocycles. The SMILES string of the molecule is CC(CC(=O)N1CCCc2c(N)cccc21)C1CCNCC1. The number of nitrogen functional groups attached to an aromatic ring is 1. The van der Waals surface area contributed by atoms with Gasteiger partial charge in [-0.2, -0.15) is 0 Å². The van der Waals surface area contributed by atoms with Crippen LogP contribution in [0.3, 0.4) is 0 Å². The van der Waals surface area contributed by atoms with Gasteiger partial charge in [-0.25, -0.2) is 0 Å². The predicted octanol–water partition coefficient (Wildman–Crippen LogP) is 2.57. The van der Waals surface area contributed by atoms with Crippen LogP contribution in [0.4, 0.5) is 11.4 Å². The van der Waals surface area contributed by atoms with Gasteiger partial charge in [-0.05, 0) is 68.3 Å². The smallest absolute Gasteiger partial charge is 0.227 e. The molecule has 0 radical (unpaired) electrons. The Morgan fingerprint density at radius 3 is 2.95 bits per heavy atom. The highest BCUT2D eigenvalue weighted by molar-refractivity contribution is 5.95. The van der Waals surface area contributed by atoms with Gasteiger partial charge in [0.25, 0.3) is 0 Å². The normalized spacial score (nSPS) is 20.5. The zero-order valence-electron chi connectivity index (χ0n) is 13.5. The Morgan fingerprint density at radius 2 is 2.18 bits per heavy atom. The number of hydrogen-bond donors (Lipinski definition) is 2. The van der Waals surface area contributed by atoms with Gasteiger partial charge in [0.05, 0.1) is 0 Å². The molecule has 4 nitrogen and oxygen atoms in total. The molecule has 0 aliphatic carbocycles. The Morgan fingerprint density at radius 1 is 1.41 bits per heavy atom. The van der Waals surface area contributed by atoms with E-state index in [9.17, 15) is 4.79 Å². The highest BCUT2D eigenvalue weighted by atomic mass is 16.2. The van der Waals surface area contributed by atoms with Crippen LogP contribution in [0.5, 0.6) is 0 Å². The molecule has 3 N–H and O–H groups in total. The van der Waals surface area contributed by atoms with Gasteiger partial charge >= 0.3 is 0 Å². The lowest BCUT2D eigenvalue weighted by Crippen LogP contribution is -2.38. The van der Waals surface area contributed by atoms with Crippen LogP contribution in [0.2, 0.25) is 0 Å². The van der Waals surface area contributed by atoms with Crippen molar-refractivity contribution in [2.24, 2.45) is 11.8 Å². The number of rotatable bonds is 3. The van der Waals surface area contributed by atoms with Crippen molar-refractivity contribution in [1.82, 2.24) is 5.32 Å². The van der Waals surface area contributed by atoms with Crippen molar-refractivity contribution in [3.8, 4) is 0 Å². The third-order valence-electron chi connectivity index (χ3n) is 5.27. The molecule has 0 saturated carbocycles. The van der Waals surface area contributed by atoms with Gasteiger partial charge in [-0.15, -0.1) is 0 Å². The number of nitrogens with zero attached hydrogens (tertiary/aromatic N) is 1. The monoisotopic (exact) mass is 301 g/mol. The Hall–Kier alpha value is -1.55. The number of anilines is 2. The molecule has 22 heavy (non-hydrogen) atoms. The van der Waals surface area contributed by atoms with Crippen molar-refractivity contribution in [1.29, 1.82) is 0 Å². The van der Waals surface area contributed by atoms with E-state index in [1.807, 2.05) is 23.1 Å². The van der Waals surface area contributed by atoms with Gasteiger partial charge in [-0.1, -0.05) is 13.0 Å². The standard InChI is InChI=1S/C18H27N3O/c1-13(14-7-9-20-10-8-14)12-18(22)21-11-3-4-15-16(19)5-2-6-17(15)21/h2,5-6,13-14,20H,3-4,7-12,19H2,1H3. The van der Waals surface area contributed by atoms with E-state index in [1.165, 1.54) is 12.8 Å². The van der Waals surface area contributed by atoms with Gasteiger partial charge in [0.15, 0.2) is 0 Å². The van der Waals surface area contributed by atoms with Crippen LogP contribution in [0, 0.1) is 11.8 Å². The van der Waals surface area contributed by atoms with E-state index in [1.54, 1.807) is 0 Å². The lowest BCUT2D eigenvalue weighted by Gasteiger charge is -2.33. The molecule has 1 saturated heterocycles. The van der Waals surface area contributed by atoms with Gasteiger partial charge in [-0.3, -0.25) is 4.79 Å². The number of amides is 1. The third kappa shape index (κ3) is 3.12. The first-order valence-electron chi connectivity index (χ1n) is 8.55. The maximum atomic E-state index is 12.8. The number of piperidine rings is 1. The molecule has 0 bridgehead atoms. The summed E-state index contributed by atoms with van der Waals surface area (Å²) in [7, 11) is 0. The number of carbonyl (C=O) groups is 1. The molecule has 120 valence electrons. The average Bonchev–Trinajstić information content (AvgIpc) is 2.55. The van der Waals surface area contributed by atoms with Crippen LogP contribution in [0.15, 0.2) is 18.2 Å². The van der Waals surface area contributed by atoms with Crippen molar-refractivity contribution in [3.63, 3.8) is 0 Å². The molecule has 1 unspecified atom stereocenters. The van der Waals surface area contributed by atoms with E-state index in [0.717, 1.165) is 49.4 Å².